The van der Waals surface area contributed by atoms with Crippen molar-refractivity contribution < 1.29 is 4.74 Å². The van der Waals surface area contributed by atoms with Gasteiger partial charge >= 0.3 is 0 Å². The second-order valence-electron chi connectivity index (χ2n) is 9.09. The fraction of sp³-hybridized carbons (Fsp3) is 0.333. The highest BCUT2D eigenvalue weighted by molar-refractivity contribution is 7.80. The molecular weight excluding hydrogens is 422 g/mol. The summed E-state index contributed by atoms with van der Waals surface area (Å²) in [5.41, 5.74) is 6.64. The zero-order chi connectivity index (χ0) is 23.2. The molecule has 0 unspecified atom stereocenters. The van der Waals surface area contributed by atoms with E-state index in [2.05, 4.69) is 91.4 Å². The van der Waals surface area contributed by atoms with Gasteiger partial charge in [-0.3, -0.25) is 0 Å². The number of aromatic nitrogens is 1. The highest BCUT2D eigenvalue weighted by Gasteiger charge is 2.12. The summed E-state index contributed by atoms with van der Waals surface area (Å²) in [6.07, 6.45) is 8.70. The van der Waals surface area contributed by atoms with Gasteiger partial charge in [0, 0.05) is 26.7 Å². The van der Waals surface area contributed by atoms with Gasteiger partial charge in [-0.25, -0.2) is 0 Å². The summed E-state index contributed by atoms with van der Waals surface area (Å²) in [6, 6.07) is 22.2. The quantitative estimate of drug-likeness (QED) is 0.136. The number of hydrogen-bond donors (Lipinski definition) is 1. The van der Waals surface area contributed by atoms with Gasteiger partial charge in [-0.2, -0.15) is 0 Å². The van der Waals surface area contributed by atoms with Crippen LogP contribution in [0.5, 0.6) is 0 Å². The molecule has 3 aromatic carbocycles. The largest absolute Gasteiger partial charge is 0.500 e. The van der Waals surface area contributed by atoms with E-state index >= 15 is 0 Å². The number of ether oxygens (including phenoxy) is 1. The topological polar surface area (TPSA) is 14.2 Å². The van der Waals surface area contributed by atoms with Crippen molar-refractivity contribution >= 4 is 34.4 Å². The molecule has 0 amide bonds. The molecular formula is C30H35NOS. The maximum absolute atomic E-state index is 5.38. The number of unbranched alkanes of at least 4 members (excludes halogenated alkanes) is 4. The molecule has 0 N–H and O–H groups in total. The number of fused-ring (bicyclic) bond motifs is 3. The van der Waals surface area contributed by atoms with E-state index in [1.807, 2.05) is 0 Å². The van der Waals surface area contributed by atoms with Crippen LogP contribution < -0.4 is 0 Å². The molecule has 0 fully saturated rings. The van der Waals surface area contributed by atoms with Crippen LogP contribution in [0.1, 0.15) is 48.8 Å². The Kier molecular flexibility index (Phi) is 7.82. The number of benzene rings is 3. The van der Waals surface area contributed by atoms with Crippen LogP contribution in [-0.2, 0) is 24.1 Å². The number of allylic oxidation sites excluding steroid dienone is 1. The summed E-state index contributed by atoms with van der Waals surface area (Å²) in [5, 5.41) is 2.60. The Labute approximate surface area is 203 Å². The molecule has 1 heterocycles. The van der Waals surface area contributed by atoms with Crippen LogP contribution in [0.15, 0.2) is 77.9 Å². The van der Waals surface area contributed by atoms with Crippen LogP contribution in [-0.4, -0.2) is 11.7 Å². The molecule has 0 atom stereocenters. The second kappa shape index (κ2) is 11.0. The first-order chi connectivity index (χ1) is 16.1. The van der Waals surface area contributed by atoms with Gasteiger partial charge in [0.05, 0.1) is 13.7 Å². The lowest BCUT2D eigenvalue weighted by Crippen LogP contribution is -2.01. The van der Waals surface area contributed by atoms with Crippen molar-refractivity contribution in [3.05, 3.63) is 89.7 Å². The molecule has 172 valence electrons. The lowest BCUT2D eigenvalue weighted by molar-refractivity contribution is 0.274. The minimum atomic E-state index is 0.681. The second-order valence-corrected chi connectivity index (χ2v) is 9.57. The number of rotatable bonds is 11. The Balaban J connectivity index is 1.32. The Morgan fingerprint density at radius 2 is 1.45 bits per heavy atom. The van der Waals surface area contributed by atoms with Crippen LogP contribution in [0, 0.1) is 6.92 Å². The minimum absolute atomic E-state index is 0.681. The standard InChI is InChI=1S/C30H35NOS/c1-22-19-24(16-18-30(22)33)11-7-5-4-6-8-12-25-15-17-27-26-13-9-10-14-28(26)31(29(27)20-25)21-23(2)32-3/h9-10,13-20,33H,2,4-8,11-12,21H2,1,3H3. The Morgan fingerprint density at radius 1 is 0.818 bits per heavy atom. The first kappa shape index (κ1) is 23.5. The molecule has 0 saturated heterocycles. The third kappa shape index (κ3) is 5.65. The normalized spacial score (nSPS) is 11.4. The molecule has 0 bridgehead atoms. The van der Waals surface area contributed by atoms with E-state index < -0.39 is 0 Å². The van der Waals surface area contributed by atoms with Gasteiger partial charge in [-0.1, -0.05) is 68.3 Å². The summed E-state index contributed by atoms with van der Waals surface area (Å²) >= 11 is 4.47. The lowest BCUT2D eigenvalue weighted by atomic mass is 10.0. The van der Waals surface area contributed by atoms with Crippen molar-refractivity contribution in [2.75, 3.05) is 7.11 Å². The summed E-state index contributed by atoms with van der Waals surface area (Å²) in [4.78, 5) is 1.08. The molecule has 2 nitrogen and oxygen atoms in total. The smallest absolute Gasteiger partial charge is 0.108 e. The van der Waals surface area contributed by atoms with E-state index in [-0.39, 0.29) is 0 Å². The first-order valence-electron chi connectivity index (χ1n) is 12.1. The molecule has 0 aliphatic heterocycles. The molecule has 3 heteroatoms. The van der Waals surface area contributed by atoms with Gasteiger partial charge in [0.25, 0.3) is 0 Å². The van der Waals surface area contributed by atoms with Crippen LogP contribution in [0.3, 0.4) is 0 Å². The minimum Gasteiger partial charge on any atom is -0.500 e. The molecule has 1 aromatic heterocycles. The maximum Gasteiger partial charge on any atom is 0.108 e. The molecule has 33 heavy (non-hydrogen) atoms. The Morgan fingerprint density at radius 3 is 2.18 bits per heavy atom. The third-order valence-corrected chi connectivity index (χ3v) is 7.15. The molecule has 0 radical (unpaired) electrons. The fourth-order valence-corrected chi connectivity index (χ4v) is 4.86. The molecule has 0 aliphatic carbocycles. The Hall–Kier alpha value is -2.65. The Bertz CT molecular complexity index is 1250. The molecule has 4 aromatic rings. The average molecular weight is 458 g/mol. The van der Waals surface area contributed by atoms with E-state index in [1.165, 1.54) is 77.0 Å². The molecule has 0 aliphatic rings. The fourth-order valence-electron chi connectivity index (χ4n) is 4.72. The number of hydrogen-bond acceptors (Lipinski definition) is 2. The van der Waals surface area contributed by atoms with Crippen molar-refractivity contribution in [2.45, 2.75) is 63.3 Å². The predicted octanol–water partition coefficient (Wildman–Crippen LogP) is 8.29. The lowest BCUT2D eigenvalue weighted by Gasteiger charge is -2.10. The van der Waals surface area contributed by atoms with Gasteiger partial charge < -0.3 is 9.30 Å². The zero-order valence-corrected chi connectivity index (χ0v) is 20.8. The van der Waals surface area contributed by atoms with Crippen LogP contribution in [0.25, 0.3) is 21.8 Å². The van der Waals surface area contributed by atoms with Gasteiger partial charge in [-0.15, -0.1) is 12.6 Å². The third-order valence-electron chi connectivity index (χ3n) is 6.65. The van der Waals surface area contributed by atoms with Crippen molar-refractivity contribution in [3.8, 4) is 0 Å². The number of aryl methyl sites for hydroxylation is 3. The SMILES string of the molecule is C=C(Cn1c2ccccc2c2ccc(CCCCCCCc3ccc(S)c(C)c3)cc21)OC. The monoisotopic (exact) mass is 457 g/mol. The maximum atomic E-state index is 5.38. The predicted molar refractivity (Wildman–Crippen MR) is 145 cm³/mol. The van der Waals surface area contributed by atoms with Gasteiger partial charge in [0.2, 0.25) is 0 Å². The average Bonchev–Trinajstić information content (AvgIpc) is 3.13. The molecule has 4 rings (SSSR count). The molecule has 0 saturated carbocycles. The van der Waals surface area contributed by atoms with Crippen molar-refractivity contribution in [1.82, 2.24) is 4.57 Å². The number of thiol groups is 1. The van der Waals surface area contributed by atoms with E-state index in [1.54, 1.807) is 7.11 Å². The van der Waals surface area contributed by atoms with Crippen LogP contribution in [0.4, 0.5) is 0 Å². The van der Waals surface area contributed by atoms with Crippen molar-refractivity contribution in [1.29, 1.82) is 0 Å². The number of para-hydroxylation sites is 1. The van der Waals surface area contributed by atoms with Crippen LogP contribution in [0.2, 0.25) is 0 Å². The first-order valence-corrected chi connectivity index (χ1v) is 12.5. The van der Waals surface area contributed by atoms with Crippen LogP contribution >= 0.6 is 12.6 Å². The summed E-state index contributed by atoms with van der Waals surface area (Å²) < 4.78 is 7.72. The summed E-state index contributed by atoms with van der Waals surface area (Å²) in [5.74, 6) is 0.778. The summed E-state index contributed by atoms with van der Waals surface area (Å²) in [7, 11) is 1.69. The van der Waals surface area contributed by atoms with E-state index in [4.69, 9.17) is 4.74 Å². The van der Waals surface area contributed by atoms with Gasteiger partial charge in [-0.05, 0) is 67.5 Å². The van der Waals surface area contributed by atoms with Crippen molar-refractivity contribution in [3.63, 3.8) is 0 Å². The highest BCUT2D eigenvalue weighted by atomic mass is 32.1. The van der Waals surface area contributed by atoms with E-state index in [0.29, 0.717) is 6.54 Å². The van der Waals surface area contributed by atoms with Gasteiger partial charge in [0.15, 0.2) is 0 Å². The molecule has 0 spiro atoms. The highest BCUT2D eigenvalue weighted by Crippen LogP contribution is 2.30. The van der Waals surface area contributed by atoms with Crippen molar-refractivity contribution in [2.24, 2.45) is 0 Å². The number of nitrogens with zero attached hydrogens (tertiary/aromatic N) is 1. The summed E-state index contributed by atoms with van der Waals surface area (Å²) in [6.45, 7) is 6.87. The number of methoxy groups -OCH3 is 1. The van der Waals surface area contributed by atoms with E-state index in [9.17, 15) is 0 Å². The van der Waals surface area contributed by atoms with E-state index in [0.717, 1.165) is 17.1 Å². The zero-order valence-electron chi connectivity index (χ0n) is 19.9. The van der Waals surface area contributed by atoms with Gasteiger partial charge in [0.1, 0.15) is 5.76 Å².